The molecule has 1 atom stereocenters. The highest BCUT2D eigenvalue weighted by atomic mass is 16.5. The van der Waals surface area contributed by atoms with E-state index in [1.807, 2.05) is 26.0 Å². The number of carbonyl (C=O) groups is 2. The van der Waals surface area contributed by atoms with Crippen LogP contribution in [0, 0.1) is 6.92 Å². The van der Waals surface area contributed by atoms with E-state index in [1.54, 1.807) is 48.5 Å². The van der Waals surface area contributed by atoms with Gasteiger partial charge in [0.25, 0.3) is 11.7 Å². The number of benzene rings is 2. The third-order valence-electron chi connectivity index (χ3n) is 5.71. The fourth-order valence-electron chi connectivity index (χ4n) is 4.06. The molecule has 2 aromatic carbocycles. The van der Waals surface area contributed by atoms with Crippen LogP contribution in [0.3, 0.4) is 0 Å². The Morgan fingerprint density at radius 1 is 1.11 bits per heavy atom. The molecule has 1 N–H and O–H groups in total. The summed E-state index contributed by atoms with van der Waals surface area (Å²) < 4.78 is 16.9. The largest absolute Gasteiger partial charge is 0.507 e. The number of likely N-dealkylation sites (tertiary alicyclic amines) is 1. The van der Waals surface area contributed by atoms with Crippen molar-refractivity contribution in [2.24, 2.45) is 0 Å². The van der Waals surface area contributed by atoms with E-state index in [4.69, 9.17) is 13.9 Å². The van der Waals surface area contributed by atoms with Crippen LogP contribution < -0.4 is 9.47 Å². The maximum atomic E-state index is 13.2. The standard InChI is InChI=1S/C28H27NO6/c1-4-14-35-22-13-12-20(16-23(22)33-5-2)25-24(26(30)19-10-8-18(3)9-11-19)27(31)28(32)29(25)17-21-7-6-15-34-21/h4,6-13,15-16,25,30H,1,5,14,17H2,2-3H3/b26-24+. The van der Waals surface area contributed by atoms with Crippen LogP contribution in [0.2, 0.25) is 0 Å². The number of Topliss-reactive ketones (excluding diaryl/α,β-unsaturated/α-hetero) is 1. The first-order valence-corrected chi connectivity index (χ1v) is 11.3. The lowest BCUT2D eigenvalue weighted by Crippen LogP contribution is -2.29. The van der Waals surface area contributed by atoms with Gasteiger partial charge in [-0.15, -0.1) is 0 Å². The smallest absolute Gasteiger partial charge is 0.296 e. The molecule has 0 bridgehead atoms. The number of rotatable bonds is 9. The van der Waals surface area contributed by atoms with E-state index in [0.29, 0.717) is 41.6 Å². The minimum absolute atomic E-state index is 0.00705. The quantitative estimate of drug-likeness (QED) is 0.200. The molecule has 1 aromatic heterocycles. The molecule has 0 aliphatic carbocycles. The molecule has 1 unspecified atom stereocenters. The average molecular weight is 474 g/mol. The Labute approximate surface area is 203 Å². The second kappa shape index (κ2) is 10.3. The molecule has 1 saturated heterocycles. The van der Waals surface area contributed by atoms with Crippen molar-refractivity contribution in [3.8, 4) is 11.5 Å². The number of aliphatic hydroxyl groups is 1. The van der Waals surface area contributed by atoms with Gasteiger partial charge in [-0.3, -0.25) is 9.59 Å². The monoisotopic (exact) mass is 473 g/mol. The average Bonchev–Trinajstić information content (AvgIpc) is 3.46. The van der Waals surface area contributed by atoms with Gasteiger partial charge in [0.05, 0.1) is 31.0 Å². The van der Waals surface area contributed by atoms with E-state index in [2.05, 4.69) is 6.58 Å². The van der Waals surface area contributed by atoms with Gasteiger partial charge >= 0.3 is 0 Å². The molecule has 7 nitrogen and oxygen atoms in total. The Morgan fingerprint density at radius 3 is 2.54 bits per heavy atom. The molecule has 7 heteroatoms. The lowest BCUT2D eigenvalue weighted by atomic mass is 9.94. The van der Waals surface area contributed by atoms with E-state index in [9.17, 15) is 14.7 Å². The Bertz CT molecular complexity index is 1260. The van der Waals surface area contributed by atoms with Crippen molar-refractivity contribution >= 4 is 17.4 Å². The molecule has 2 heterocycles. The van der Waals surface area contributed by atoms with Crippen LogP contribution in [-0.2, 0) is 16.1 Å². The van der Waals surface area contributed by atoms with Crippen LogP contribution in [0.4, 0.5) is 0 Å². The van der Waals surface area contributed by atoms with Crippen molar-refractivity contribution in [2.75, 3.05) is 13.2 Å². The van der Waals surface area contributed by atoms with E-state index in [1.165, 1.54) is 11.2 Å². The first-order valence-electron chi connectivity index (χ1n) is 11.3. The van der Waals surface area contributed by atoms with Crippen molar-refractivity contribution in [1.82, 2.24) is 4.90 Å². The third kappa shape index (κ3) is 4.84. The summed E-state index contributed by atoms with van der Waals surface area (Å²) in [4.78, 5) is 27.8. The number of hydrogen-bond acceptors (Lipinski definition) is 6. The molecule has 0 radical (unpaired) electrons. The normalized spacial score (nSPS) is 17.0. The zero-order chi connectivity index (χ0) is 24.9. The minimum atomic E-state index is -0.853. The number of furan rings is 1. The minimum Gasteiger partial charge on any atom is -0.507 e. The summed E-state index contributed by atoms with van der Waals surface area (Å²) in [7, 11) is 0. The highest BCUT2D eigenvalue weighted by molar-refractivity contribution is 6.46. The number of carbonyl (C=O) groups excluding carboxylic acids is 2. The zero-order valence-electron chi connectivity index (χ0n) is 19.7. The van der Waals surface area contributed by atoms with Gasteiger partial charge in [0.2, 0.25) is 0 Å². The maximum Gasteiger partial charge on any atom is 0.296 e. The summed E-state index contributed by atoms with van der Waals surface area (Å²) in [5.41, 5.74) is 2.06. The second-order valence-electron chi connectivity index (χ2n) is 8.11. The molecule has 0 spiro atoms. The van der Waals surface area contributed by atoms with Gasteiger partial charge in [0.1, 0.15) is 18.1 Å². The molecule has 1 aliphatic heterocycles. The lowest BCUT2D eigenvalue weighted by molar-refractivity contribution is -0.140. The predicted octanol–water partition coefficient (Wildman–Crippen LogP) is 5.17. The van der Waals surface area contributed by atoms with E-state index in [-0.39, 0.29) is 17.9 Å². The van der Waals surface area contributed by atoms with Gasteiger partial charge in [-0.2, -0.15) is 0 Å². The van der Waals surface area contributed by atoms with Crippen molar-refractivity contribution in [1.29, 1.82) is 0 Å². The highest BCUT2D eigenvalue weighted by Gasteiger charge is 2.46. The lowest BCUT2D eigenvalue weighted by Gasteiger charge is -2.25. The summed E-state index contributed by atoms with van der Waals surface area (Å²) in [6.07, 6.45) is 3.13. The van der Waals surface area contributed by atoms with Crippen molar-refractivity contribution < 1.29 is 28.6 Å². The Balaban J connectivity index is 1.86. The molecule has 4 rings (SSSR count). The first kappa shape index (κ1) is 23.9. The van der Waals surface area contributed by atoms with Crippen molar-refractivity contribution in [3.63, 3.8) is 0 Å². The van der Waals surface area contributed by atoms with Gasteiger partial charge in [-0.1, -0.05) is 48.6 Å². The third-order valence-corrected chi connectivity index (χ3v) is 5.71. The number of hydrogen-bond donors (Lipinski definition) is 1. The Kier molecular flexibility index (Phi) is 7.06. The second-order valence-corrected chi connectivity index (χ2v) is 8.11. The van der Waals surface area contributed by atoms with Crippen molar-refractivity contribution in [3.05, 3.63) is 102 Å². The predicted molar refractivity (Wildman–Crippen MR) is 131 cm³/mol. The summed E-state index contributed by atoms with van der Waals surface area (Å²) in [5.74, 6) is -0.221. The van der Waals surface area contributed by atoms with Gasteiger partial charge in [0.15, 0.2) is 11.5 Å². The number of amides is 1. The number of aryl methyl sites for hydroxylation is 1. The highest BCUT2D eigenvalue weighted by Crippen LogP contribution is 2.42. The SMILES string of the molecule is C=CCOc1ccc(C2/C(=C(\O)c3ccc(C)cc3)C(=O)C(=O)N2Cc2ccco2)cc1OCC. The molecule has 1 aliphatic rings. The first-order chi connectivity index (χ1) is 16.9. The van der Waals surface area contributed by atoms with E-state index >= 15 is 0 Å². The van der Waals surface area contributed by atoms with Crippen LogP contribution >= 0.6 is 0 Å². The fourth-order valence-corrected chi connectivity index (χ4v) is 4.06. The van der Waals surface area contributed by atoms with Crippen LogP contribution in [0.15, 0.2) is 83.5 Å². The van der Waals surface area contributed by atoms with Crippen molar-refractivity contribution in [2.45, 2.75) is 26.4 Å². The van der Waals surface area contributed by atoms with Crippen LogP contribution in [0.1, 0.15) is 35.4 Å². The summed E-state index contributed by atoms with van der Waals surface area (Å²) in [5, 5.41) is 11.2. The number of ketones is 1. The summed E-state index contributed by atoms with van der Waals surface area (Å²) >= 11 is 0. The molecule has 35 heavy (non-hydrogen) atoms. The molecule has 180 valence electrons. The van der Waals surface area contributed by atoms with Gasteiger partial charge in [-0.25, -0.2) is 0 Å². The number of aliphatic hydroxyl groups excluding tert-OH is 1. The zero-order valence-corrected chi connectivity index (χ0v) is 19.7. The maximum absolute atomic E-state index is 13.2. The summed E-state index contributed by atoms with van der Waals surface area (Å²) in [6, 6.07) is 14.9. The molecule has 3 aromatic rings. The molecular formula is C28H27NO6. The molecule has 1 amide bonds. The van der Waals surface area contributed by atoms with E-state index < -0.39 is 17.7 Å². The Hall–Kier alpha value is -4.26. The van der Waals surface area contributed by atoms with Gasteiger partial charge in [0, 0.05) is 5.56 Å². The van der Waals surface area contributed by atoms with E-state index in [0.717, 1.165) is 5.56 Å². The van der Waals surface area contributed by atoms with Gasteiger partial charge < -0.3 is 23.9 Å². The Morgan fingerprint density at radius 2 is 1.89 bits per heavy atom. The molecular weight excluding hydrogens is 446 g/mol. The topological polar surface area (TPSA) is 89.2 Å². The molecule has 0 saturated carbocycles. The summed E-state index contributed by atoms with van der Waals surface area (Å²) in [6.45, 7) is 8.20. The number of ether oxygens (including phenoxy) is 2. The van der Waals surface area contributed by atoms with Crippen LogP contribution in [-0.4, -0.2) is 34.9 Å². The van der Waals surface area contributed by atoms with Crippen LogP contribution in [0.25, 0.3) is 5.76 Å². The number of nitrogens with zero attached hydrogens (tertiary/aromatic N) is 1. The fraction of sp³-hybridized carbons (Fsp3) is 0.214. The molecule has 1 fully saturated rings. The van der Waals surface area contributed by atoms with Gasteiger partial charge in [-0.05, 0) is 43.7 Å². The van der Waals surface area contributed by atoms with Crippen LogP contribution in [0.5, 0.6) is 11.5 Å².